The largest absolute Gasteiger partial charge is 0.389 e. The number of fused-ring (bicyclic) bond motifs is 4. The predicted octanol–water partition coefficient (Wildman–Crippen LogP) is 6.00. The summed E-state index contributed by atoms with van der Waals surface area (Å²) in [7, 11) is 0. The lowest BCUT2D eigenvalue weighted by Crippen LogP contribution is -2.65. The van der Waals surface area contributed by atoms with E-state index in [4.69, 9.17) is 0 Å². The maximum atomic E-state index is 10.9. The third-order valence-electron chi connectivity index (χ3n) is 10.4. The normalized spacial score (nSPS) is 49.9. The van der Waals surface area contributed by atoms with Gasteiger partial charge in [-0.1, -0.05) is 48.5 Å². The minimum atomic E-state index is -0.374. The van der Waals surface area contributed by atoms with Gasteiger partial charge in [0.15, 0.2) is 0 Å². The molecule has 0 spiro atoms. The summed E-state index contributed by atoms with van der Waals surface area (Å²) in [6.45, 7) is 16.0. The van der Waals surface area contributed by atoms with E-state index in [9.17, 15) is 10.2 Å². The van der Waals surface area contributed by atoms with Crippen molar-refractivity contribution in [3.63, 3.8) is 0 Å². The maximum absolute atomic E-state index is 10.9. The maximum Gasteiger partial charge on any atom is 0.0714 e. The van der Waals surface area contributed by atoms with Crippen molar-refractivity contribution in [1.29, 1.82) is 0 Å². The molecule has 0 radical (unpaired) electrons. The molecule has 0 heterocycles. The van der Waals surface area contributed by atoms with Crippen LogP contribution in [0.3, 0.4) is 0 Å². The second-order valence-electron chi connectivity index (χ2n) is 12.0. The lowest BCUT2D eigenvalue weighted by Gasteiger charge is -2.66. The summed E-state index contributed by atoms with van der Waals surface area (Å²) in [5.41, 5.74) is 0.0520. The van der Waals surface area contributed by atoms with E-state index < -0.39 is 0 Å². The highest BCUT2D eigenvalue weighted by Gasteiger charge is 2.63. The molecule has 0 saturated heterocycles. The molecule has 0 aromatic rings. The number of aliphatic hydroxyl groups is 2. The molecule has 2 N–H and O–H groups in total. The van der Waals surface area contributed by atoms with Gasteiger partial charge in [0.25, 0.3) is 0 Å². The summed E-state index contributed by atoms with van der Waals surface area (Å²) < 4.78 is 0. The van der Waals surface area contributed by atoms with Crippen molar-refractivity contribution in [1.82, 2.24) is 0 Å². The van der Waals surface area contributed by atoms with Crippen LogP contribution in [0.5, 0.6) is 0 Å². The average molecular weight is 411 g/mol. The van der Waals surface area contributed by atoms with Crippen molar-refractivity contribution in [3.05, 3.63) is 0 Å². The lowest BCUT2D eigenvalue weighted by molar-refractivity contribution is -0.230. The van der Waals surface area contributed by atoms with E-state index in [1.807, 2.05) is 11.8 Å². The molecule has 28 heavy (non-hydrogen) atoms. The van der Waals surface area contributed by atoms with Gasteiger partial charge in [0, 0.05) is 0 Å². The summed E-state index contributed by atoms with van der Waals surface area (Å²) in [6.07, 6.45) is 9.03. The van der Waals surface area contributed by atoms with Gasteiger partial charge < -0.3 is 10.2 Å². The average Bonchev–Trinajstić information content (AvgIpc) is 2.64. The second kappa shape index (κ2) is 7.45. The van der Waals surface area contributed by atoms with Crippen molar-refractivity contribution in [3.8, 4) is 0 Å². The Kier molecular flexibility index (Phi) is 6.10. The van der Waals surface area contributed by atoms with E-state index in [2.05, 4.69) is 54.7 Å². The Bertz CT molecular complexity index is 573. The summed E-state index contributed by atoms with van der Waals surface area (Å²) in [5, 5.41) is 21.5. The van der Waals surface area contributed by atoms with Crippen LogP contribution in [0.15, 0.2) is 0 Å². The van der Waals surface area contributed by atoms with Gasteiger partial charge in [-0.3, -0.25) is 0 Å². The van der Waals surface area contributed by atoms with Crippen LogP contribution in [-0.2, 0) is 0 Å². The Hall–Kier alpha value is 0.270. The van der Waals surface area contributed by atoms with E-state index in [-0.39, 0.29) is 11.2 Å². The SMILES string of the molecule is CC[C@]1(O)C(C)CC2CC1C2(C)C.CSCC[C@]1(O)C(C)CC2CC1C2(C)C. The fourth-order valence-electron chi connectivity index (χ4n) is 7.76. The zero-order valence-electron chi connectivity index (χ0n) is 19.7. The molecule has 6 aliphatic carbocycles. The highest BCUT2D eigenvalue weighted by atomic mass is 32.2. The van der Waals surface area contributed by atoms with Crippen molar-refractivity contribution in [2.75, 3.05) is 12.0 Å². The fourth-order valence-corrected chi connectivity index (χ4v) is 8.29. The van der Waals surface area contributed by atoms with E-state index >= 15 is 0 Å². The van der Waals surface area contributed by atoms with Crippen LogP contribution in [0, 0.1) is 46.3 Å². The highest BCUT2D eigenvalue weighted by Crippen LogP contribution is 2.66. The molecule has 6 fully saturated rings. The molecule has 8 atom stereocenters. The van der Waals surface area contributed by atoms with Crippen molar-refractivity contribution >= 4 is 11.8 Å². The van der Waals surface area contributed by atoms with Crippen molar-refractivity contribution in [2.45, 2.75) is 98.2 Å². The highest BCUT2D eigenvalue weighted by molar-refractivity contribution is 7.98. The van der Waals surface area contributed by atoms with Crippen LogP contribution in [0.2, 0.25) is 0 Å². The van der Waals surface area contributed by atoms with Crippen LogP contribution >= 0.6 is 11.8 Å². The monoisotopic (exact) mass is 410 g/mol. The first-order valence-electron chi connectivity index (χ1n) is 11.8. The van der Waals surface area contributed by atoms with Crippen LogP contribution < -0.4 is 0 Å². The van der Waals surface area contributed by atoms with E-state index in [1.165, 1.54) is 25.7 Å². The number of rotatable bonds is 4. The number of hydrogen-bond donors (Lipinski definition) is 2. The van der Waals surface area contributed by atoms with E-state index in [0.29, 0.717) is 34.5 Å². The van der Waals surface area contributed by atoms with Crippen LogP contribution in [0.25, 0.3) is 0 Å². The zero-order chi connectivity index (χ0) is 21.1. The first kappa shape index (κ1) is 22.9. The first-order valence-corrected chi connectivity index (χ1v) is 13.2. The van der Waals surface area contributed by atoms with Gasteiger partial charge in [0.05, 0.1) is 11.2 Å². The summed E-state index contributed by atoms with van der Waals surface area (Å²) in [4.78, 5) is 0. The molecule has 0 aliphatic heterocycles. The molecular weight excluding hydrogens is 364 g/mol. The van der Waals surface area contributed by atoms with Crippen LogP contribution in [0.1, 0.15) is 87.0 Å². The first-order chi connectivity index (χ1) is 12.9. The molecule has 6 aliphatic rings. The molecule has 6 rings (SSSR count). The summed E-state index contributed by atoms with van der Waals surface area (Å²) >= 11 is 1.86. The minimum absolute atomic E-state index is 0.363. The topological polar surface area (TPSA) is 40.5 Å². The molecule has 6 saturated carbocycles. The molecule has 164 valence electrons. The molecule has 4 bridgehead atoms. The third kappa shape index (κ3) is 3.21. The summed E-state index contributed by atoms with van der Waals surface area (Å²) in [6, 6.07) is 0. The van der Waals surface area contributed by atoms with Gasteiger partial charge in [-0.15, -0.1) is 0 Å². The lowest BCUT2D eigenvalue weighted by atomic mass is 9.41. The predicted molar refractivity (Wildman–Crippen MR) is 122 cm³/mol. The minimum Gasteiger partial charge on any atom is -0.389 e. The second-order valence-corrected chi connectivity index (χ2v) is 13.0. The Balaban J connectivity index is 0.000000162. The zero-order valence-corrected chi connectivity index (χ0v) is 20.5. The molecule has 0 aromatic heterocycles. The van der Waals surface area contributed by atoms with Gasteiger partial charge in [-0.2, -0.15) is 11.8 Å². The van der Waals surface area contributed by atoms with Gasteiger partial charge in [-0.05, 0) is 96.9 Å². The smallest absolute Gasteiger partial charge is 0.0714 e. The van der Waals surface area contributed by atoms with Crippen molar-refractivity contribution in [2.24, 2.45) is 46.3 Å². The standard InChI is InChI=1S/C13H24OS.C12H22O/c1-9-7-10-8-11(12(10,2)3)13(9,14)5-6-15-4;1-5-12(13)8(2)6-9-7-10(12)11(9,3)4/h9-11,14H,5-8H2,1-4H3;8-10,13H,5-7H2,1-4H3/t9?,10?,11?,13-;8?,9?,10?,12-/m00/s1. The Morgan fingerprint density at radius 1 is 0.786 bits per heavy atom. The van der Waals surface area contributed by atoms with Gasteiger partial charge in [-0.25, -0.2) is 0 Å². The number of thioether (sulfide) groups is 1. The Morgan fingerprint density at radius 3 is 1.57 bits per heavy atom. The van der Waals surface area contributed by atoms with Gasteiger partial charge in [0.1, 0.15) is 0 Å². The Labute approximate surface area is 178 Å². The summed E-state index contributed by atoms with van der Waals surface area (Å²) in [5.74, 6) is 4.95. The van der Waals surface area contributed by atoms with E-state index in [1.54, 1.807) is 0 Å². The molecular formula is C25H46O2S. The fraction of sp³-hybridized carbons (Fsp3) is 1.00. The molecule has 3 heteroatoms. The third-order valence-corrected chi connectivity index (χ3v) is 11.0. The molecule has 0 aromatic carbocycles. The Morgan fingerprint density at radius 2 is 1.21 bits per heavy atom. The van der Waals surface area contributed by atoms with Crippen LogP contribution in [0.4, 0.5) is 0 Å². The quantitative estimate of drug-likeness (QED) is 0.597. The van der Waals surface area contributed by atoms with E-state index in [0.717, 1.165) is 30.4 Å². The molecule has 6 unspecified atom stereocenters. The van der Waals surface area contributed by atoms with Crippen molar-refractivity contribution < 1.29 is 10.2 Å². The molecule has 2 nitrogen and oxygen atoms in total. The number of hydrogen-bond acceptors (Lipinski definition) is 3. The van der Waals surface area contributed by atoms with Crippen LogP contribution in [-0.4, -0.2) is 33.4 Å². The van der Waals surface area contributed by atoms with Gasteiger partial charge >= 0.3 is 0 Å². The molecule has 0 amide bonds. The van der Waals surface area contributed by atoms with Gasteiger partial charge in [0.2, 0.25) is 0 Å².